The fourth-order valence-corrected chi connectivity index (χ4v) is 1.32. The molecule has 16 heavy (non-hydrogen) atoms. The monoisotopic (exact) mass is 219 g/mol. The summed E-state index contributed by atoms with van der Waals surface area (Å²) >= 11 is 0. The molecular weight excluding hydrogens is 210 g/mol. The summed E-state index contributed by atoms with van der Waals surface area (Å²) < 4.78 is 5.08. The zero-order valence-corrected chi connectivity index (χ0v) is 8.47. The molecule has 0 bridgehead atoms. The summed E-state index contributed by atoms with van der Waals surface area (Å²) in [5, 5.41) is 14.7. The lowest BCUT2D eigenvalue weighted by molar-refractivity contribution is 0.209. The van der Waals surface area contributed by atoms with Gasteiger partial charge in [-0.15, -0.1) is 0 Å². The van der Waals surface area contributed by atoms with Crippen molar-refractivity contribution in [3.63, 3.8) is 0 Å². The topological polar surface area (TPSA) is 88.3 Å². The Morgan fingerprint density at radius 1 is 1.44 bits per heavy atom. The number of nitrogens with one attached hydrogen (secondary N) is 1. The van der Waals surface area contributed by atoms with Crippen LogP contribution in [0.4, 0.5) is 10.5 Å². The lowest BCUT2D eigenvalue weighted by Crippen LogP contribution is -2.08. The average Bonchev–Trinajstić information content (AvgIpc) is 2.61. The van der Waals surface area contributed by atoms with Crippen molar-refractivity contribution in [2.75, 3.05) is 5.32 Å². The molecule has 0 aliphatic rings. The normalized spacial score (nSPS) is 10.1. The van der Waals surface area contributed by atoms with Gasteiger partial charge in [-0.05, 0) is 19.1 Å². The summed E-state index contributed by atoms with van der Waals surface area (Å²) in [5.74, 6) is 0.391. The Bertz CT molecular complexity index is 507. The van der Waals surface area contributed by atoms with Crippen molar-refractivity contribution < 1.29 is 14.4 Å². The molecule has 2 heterocycles. The number of pyridine rings is 1. The van der Waals surface area contributed by atoms with Crippen molar-refractivity contribution in [2.45, 2.75) is 6.92 Å². The van der Waals surface area contributed by atoms with Crippen molar-refractivity contribution in [1.82, 2.24) is 10.1 Å². The van der Waals surface area contributed by atoms with Crippen LogP contribution in [-0.2, 0) is 0 Å². The Labute approximate surface area is 90.9 Å². The Morgan fingerprint density at radius 3 is 2.75 bits per heavy atom. The third-order valence-electron chi connectivity index (χ3n) is 2.04. The number of amides is 1. The van der Waals surface area contributed by atoms with Gasteiger partial charge >= 0.3 is 6.09 Å². The Balaban J connectivity index is 2.46. The Hall–Kier alpha value is -2.37. The molecule has 6 heteroatoms. The minimum absolute atomic E-state index is 0.360. The van der Waals surface area contributed by atoms with Crippen molar-refractivity contribution >= 4 is 11.8 Å². The molecular formula is C10H9N3O3. The number of anilines is 1. The highest BCUT2D eigenvalue weighted by molar-refractivity contribution is 5.89. The molecule has 0 atom stereocenters. The molecule has 2 rings (SSSR count). The van der Waals surface area contributed by atoms with Gasteiger partial charge < -0.3 is 9.63 Å². The highest BCUT2D eigenvalue weighted by atomic mass is 16.5. The molecule has 0 saturated heterocycles. The number of hydrogen-bond acceptors (Lipinski definition) is 4. The van der Waals surface area contributed by atoms with Crippen LogP contribution in [-0.4, -0.2) is 21.3 Å². The van der Waals surface area contributed by atoms with E-state index in [4.69, 9.17) is 9.63 Å². The maximum atomic E-state index is 10.6. The summed E-state index contributed by atoms with van der Waals surface area (Å²) in [6.45, 7) is 1.67. The van der Waals surface area contributed by atoms with Gasteiger partial charge in [-0.2, -0.15) is 0 Å². The van der Waals surface area contributed by atoms with Crippen LogP contribution >= 0.6 is 0 Å². The van der Waals surface area contributed by atoms with Crippen molar-refractivity contribution in [3.8, 4) is 11.3 Å². The molecule has 2 N–H and O–H groups in total. The summed E-state index contributed by atoms with van der Waals surface area (Å²) in [6.07, 6.45) is 2.04. The predicted octanol–water partition coefficient (Wildman–Crippen LogP) is 2.13. The standard InChI is InChI=1S/C10H9N3O3/c1-6-8(12-10(14)15)9(16-13-6)7-2-4-11-5-3-7/h2-5,12H,1H3,(H,14,15). The first-order valence-electron chi connectivity index (χ1n) is 4.55. The molecule has 6 nitrogen and oxygen atoms in total. The van der Waals surface area contributed by atoms with Crippen molar-refractivity contribution in [1.29, 1.82) is 0 Å². The molecule has 1 amide bonds. The SMILES string of the molecule is Cc1noc(-c2ccncc2)c1NC(=O)O. The van der Waals surface area contributed by atoms with Crippen LogP contribution in [0.3, 0.4) is 0 Å². The van der Waals surface area contributed by atoms with Gasteiger partial charge in [0.25, 0.3) is 0 Å². The summed E-state index contributed by atoms with van der Waals surface area (Å²) in [5.41, 5.74) is 1.58. The van der Waals surface area contributed by atoms with E-state index < -0.39 is 6.09 Å². The van der Waals surface area contributed by atoms with E-state index in [1.54, 1.807) is 31.5 Å². The third-order valence-corrected chi connectivity index (χ3v) is 2.04. The number of nitrogens with zero attached hydrogens (tertiary/aromatic N) is 2. The molecule has 0 unspecified atom stereocenters. The second-order valence-corrected chi connectivity index (χ2v) is 3.14. The van der Waals surface area contributed by atoms with Crippen LogP contribution in [0.1, 0.15) is 5.69 Å². The zero-order chi connectivity index (χ0) is 11.5. The van der Waals surface area contributed by atoms with Gasteiger partial charge in [0, 0.05) is 18.0 Å². The predicted molar refractivity (Wildman–Crippen MR) is 56.1 cm³/mol. The van der Waals surface area contributed by atoms with Crippen LogP contribution in [0.5, 0.6) is 0 Å². The van der Waals surface area contributed by atoms with Crippen LogP contribution in [0.2, 0.25) is 0 Å². The number of carboxylic acid groups (broad SMARTS) is 1. The number of rotatable bonds is 2. The van der Waals surface area contributed by atoms with Gasteiger partial charge in [0.2, 0.25) is 0 Å². The Kier molecular flexibility index (Phi) is 2.55. The molecule has 0 aliphatic carbocycles. The van der Waals surface area contributed by atoms with Crippen molar-refractivity contribution in [2.24, 2.45) is 0 Å². The summed E-state index contributed by atoms with van der Waals surface area (Å²) in [7, 11) is 0. The average molecular weight is 219 g/mol. The largest absolute Gasteiger partial charge is 0.465 e. The first-order valence-corrected chi connectivity index (χ1v) is 4.55. The van der Waals surface area contributed by atoms with Crippen LogP contribution in [0.25, 0.3) is 11.3 Å². The number of aromatic nitrogens is 2. The molecule has 0 radical (unpaired) electrons. The maximum absolute atomic E-state index is 10.6. The van der Waals surface area contributed by atoms with Crippen molar-refractivity contribution in [3.05, 3.63) is 30.2 Å². The second-order valence-electron chi connectivity index (χ2n) is 3.14. The summed E-state index contributed by atoms with van der Waals surface area (Å²) in [4.78, 5) is 14.5. The van der Waals surface area contributed by atoms with E-state index in [1.165, 1.54) is 0 Å². The van der Waals surface area contributed by atoms with Gasteiger partial charge in [-0.25, -0.2) is 4.79 Å². The quantitative estimate of drug-likeness (QED) is 0.807. The lowest BCUT2D eigenvalue weighted by atomic mass is 10.2. The van der Waals surface area contributed by atoms with E-state index in [2.05, 4.69) is 15.5 Å². The van der Waals surface area contributed by atoms with E-state index in [-0.39, 0.29) is 0 Å². The summed E-state index contributed by atoms with van der Waals surface area (Å²) in [6, 6.07) is 3.43. The van der Waals surface area contributed by atoms with Crippen LogP contribution in [0, 0.1) is 6.92 Å². The van der Waals surface area contributed by atoms with Gasteiger partial charge in [0.15, 0.2) is 5.76 Å². The van der Waals surface area contributed by atoms with Gasteiger partial charge in [-0.3, -0.25) is 10.3 Å². The minimum Gasteiger partial charge on any atom is -0.465 e. The van der Waals surface area contributed by atoms with Crippen LogP contribution < -0.4 is 5.32 Å². The molecule has 0 aromatic carbocycles. The number of aryl methyl sites for hydroxylation is 1. The Morgan fingerprint density at radius 2 is 2.12 bits per heavy atom. The maximum Gasteiger partial charge on any atom is 0.409 e. The minimum atomic E-state index is -1.15. The van der Waals surface area contributed by atoms with Gasteiger partial charge in [0.05, 0.1) is 0 Å². The van der Waals surface area contributed by atoms with Gasteiger partial charge in [0.1, 0.15) is 11.4 Å². The van der Waals surface area contributed by atoms with Crippen LogP contribution in [0.15, 0.2) is 29.0 Å². The lowest BCUT2D eigenvalue weighted by Gasteiger charge is -2.00. The highest BCUT2D eigenvalue weighted by Crippen LogP contribution is 2.30. The number of carbonyl (C=O) groups is 1. The fraction of sp³-hybridized carbons (Fsp3) is 0.100. The first kappa shape index (κ1) is 10.2. The first-order chi connectivity index (χ1) is 7.68. The fourth-order valence-electron chi connectivity index (χ4n) is 1.32. The smallest absolute Gasteiger partial charge is 0.409 e. The molecule has 2 aromatic rings. The molecule has 82 valence electrons. The van der Waals surface area contributed by atoms with E-state index in [0.717, 1.165) is 5.56 Å². The molecule has 0 saturated carbocycles. The van der Waals surface area contributed by atoms with Gasteiger partial charge in [-0.1, -0.05) is 5.16 Å². The third kappa shape index (κ3) is 1.85. The van der Waals surface area contributed by atoms with E-state index in [1.807, 2.05) is 0 Å². The van der Waals surface area contributed by atoms with E-state index in [9.17, 15) is 4.79 Å². The molecule has 0 aliphatic heterocycles. The zero-order valence-electron chi connectivity index (χ0n) is 8.47. The molecule has 0 spiro atoms. The molecule has 2 aromatic heterocycles. The van der Waals surface area contributed by atoms with E-state index in [0.29, 0.717) is 17.1 Å². The molecule has 0 fully saturated rings. The number of hydrogen-bond donors (Lipinski definition) is 2. The highest BCUT2D eigenvalue weighted by Gasteiger charge is 2.16. The van der Waals surface area contributed by atoms with E-state index >= 15 is 0 Å². The second kappa shape index (κ2) is 4.01.